The van der Waals surface area contributed by atoms with Gasteiger partial charge in [-0.25, -0.2) is 4.98 Å². The fourth-order valence-corrected chi connectivity index (χ4v) is 2.21. The van der Waals surface area contributed by atoms with Crippen LogP contribution in [-0.2, 0) is 5.60 Å². The number of methoxy groups -OCH3 is 1. The number of pyridine rings is 1. The average Bonchev–Trinajstić information content (AvgIpc) is 2.66. The van der Waals surface area contributed by atoms with E-state index in [2.05, 4.69) is 4.98 Å². The lowest BCUT2D eigenvalue weighted by Gasteiger charge is -2.24. The van der Waals surface area contributed by atoms with E-state index in [1.54, 1.807) is 6.07 Å². The zero-order valence-corrected chi connectivity index (χ0v) is 8.66. The summed E-state index contributed by atoms with van der Waals surface area (Å²) >= 11 is 0. The topological polar surface area (TPSA) is 42.4 Å². The average molecular weight is 211 g/mol. The Morgan fingerprint density at radius 1 is 1.47 bits per heavy atom. The van der Waals surface area contributed by atoms with Crippen molar-refractivity contribution in [2.45, 2.75) is 31.3 Å². The maximum atomic E-state index is 13.3. The Hall–Kier alpha value is -1.16. The molecule has 82 valence electrons. The van der Waals surface area contributed by atoms with Crippen molar-refractivity contribution in [2.24, 2.45) is 0 Å². The Bertz CT molecular complexity index is 362. The quantitative estimate of drug-likeness (QED) is 0.761. The van der Waals surface area contributed by atoms with Gasteiger partial charge in [-0.1, -0.05) is 12.8 Å². The second-order valence-corrected chi connectivity index (χ2v) is 3.92. The summed E-state index contributed by atoms with van der Waals surface area (Å²) in [6.45, 7) is 0. The first-order valence-electron chi connectivity index (χ1n) is 5.09. The molecule has 0 bridgehead atoms. The molecule has 0 unspecified atom stereocenters. The number of nitrogens with zero attached hydrogens (tertiary/aromatic N) is 1. The van der Waals surface area contributed by atoms with Gasteiger partial charge in [-0.05, 0) is 18.9 Å². The van der Waals surface area contributed by atoms with Gasteiger partial charge in [-0.15, -0.1) is 0 Å². The molecule has 1 aromatic rings. The Kier molecular flexibility index (Phi) is 2.61. The number of halogens is 1. The summed E-state index contributed by atoms with van der Waals surface area (Å²) in [5.74, 6) is -0.586. The Morgan fingerprint density at radius 3 is 2.73 bits per heavy atom. The van der Waals surface area contributed by atoms with Gasteiger partial charge in [-0.3, -0.25) is 0 Å². The summed E-state index contributed by atoms with van der Waals surface area (Å²) < 4.78 is 18.3. The van der Waals surface area contributed by atoms with Crippen LogP contribution in [-0.4, -0.2) is 17.2 Å². The smallest absolute Gasteiger partial charge is 0.255 e. The van der Waals surface area contributed by atoms with Crippen LogP contribution in [0.4, 0.5) is 4.39 Å². The van der Waals surface area contributed by atoms with Crippen molar-refractivity contribution in [1.82, 2.24) is 4.98 Å². The minimum Gasteiger partial charge on any atom is -0.492 e. The molecule has 0 atom stereocenters. The molecule has 0 aromatic carbocycles. The van der Waals surface area contributed by atoms with Crippen LogP contribution < -0.4 is 4.74 Å². The van der Waals surface area contributed by atoms with Crippen LogP contribution in [0.5, 0.6) is 5.75 Å². The molecule has 0 spiro atoms. The Balaban J connectivity index is 2.47. The Labute approximate surface area is 87.9 Å². The van der Waals surface area contributed by atoms with Crippen molar-refractivity contribution >= 4 is 0 Å². The molecule has 2 rings (SSSR count). The zero-order chi connectivity index (χ0) is 10.9. The van der Waals surface area contributed by atoms with Crippen LogP contribution in [0.2, 0.25) is 0 Å². The molecule has 1 heterocycles. The zero-order valence-electron chi connectivity index (χ0n) is 8.66. The molecule has 1 aliphatic carbocycles. The van der Waals surface area contributed by atoms with Gasteiger partial charge in [0.15, 0.2) is 5.75 Å². The highest BCUT2D eigenvalue weighted by Gasteiger charge is 2.36. The second-order valence-electron chi connectivity index (χ2n) is 3.92. The highest BCUT2D eigenvalue weighted by Crippen LogP contribution is 2.42. The van der Waals surface area contributed by atoms with Crippen LogP contribution >= 0.6 is 0 Å². The molecule has 1 fully saturated rings. The molecule has 3 nitrogen and oxygen atoms in total. The Morgan fingerprint density at radius 2 is 2.13 bits per heavy atom. The van der Waals surface area contributed by atoms with Crippen LogP contribution in [0.25, 0.3) is 0 Å². The summed E-state index contributed by atoms with van der Waals surface area (Å²) in [7, 11) is 1.39. The fourth-order valence-electron chi connectivity index (χ4n) is 2.21. The third-order valence-corrected chi connectivity index (χ3v) is 3.00. The van der Waals surface area contributed by atoms with Crippen molar-refractivity contribution < 1.29 is 14.2 Å². The molecule has 0 amide bonds. The van der Waals surface area contributed by atoms with Crippen LogP contribution in [0, 0.1) is 5.95 Å². The maximum absolute atomic E-state index is 13.3. The fraction of sp³-hybridized carbons (Fsp3) is 0.545. The number of ether oxygens (including phenoxy) is 1. The summed E-state index contributed by atoms with van der Waals surface area (Å²) in [6.07, 6.45) is 4.61. The number of hydrogen-bond acceptors (Lipinski definition) is 3. The third kappa shape index (κ3) is 1.69. The molecule has 0 aliphatic heterocycles. The first-order valence-corrected chi connectivity index (χ1v) is 5.09. The van der Waals surface area contributed by atoms with E-state index in [9.17, 15) is 9.50 Å². The third-order valence-electron chi connectivity index (χ3n) is 3.00. The molecule has 15 heavy (non-hydrogen) atoms. The van der Waals surface area contributed by atoms with Crippen LogP contribution in [0.1, 0.15) is 31.2 Å². The van der Waals surface area contributed by atoms with E-state index >= 15 is 0 Å². The number of rotatable bonds is 2. The lowest BCUT2D eigenvalue weighted by atomic mass is 9.92. The monoisotopic (exact) mass is 211 g/mol. The predicted molar refractivity (Wildman–Crippen MR) is 53.1 cm³/mol. The molecule has 0 saturated heterocycles. The van der Waals surface area contributed by atoms with Crippen LogP contribution in [0.15, 0.2) is 12.3 Å². The van der Waals surface area contributed by atoms with Gasteiger partial charge in [0.1, 0.15) is 0 Å². The highest BCUT2D eigenvalue weighted by atomic mass is 19.1. The number of aliphatic hydroxyl groups is 1. The number of aromatic nitrogens is 1. The molecule has 4 heteroatoms. The minimum absolute atomic E-state index is 0.0712. The largest absolute Gasteiger partial charge is 0.492 e. The van der Waals surface area contributed by atoms with E-state index in [1.807, 2.05) is 0 Å². The van der Waals surface area contributed by atoms with Gasteiger partial charge in [0, 0.05) is 11.8 Å². The molecule has 1 aliphatic rings. The first kappa shape index (κ1) is 10.4. The van der Waals surface area contributed by atoms with Crippen molar-refractivity contribution in [3.8, 4) is 5.75 Å². The second kappa shape index (κ2) is 3.77. The predicted octanol–water partition coefficient (Wildman–Crippen LogP) is 1.99. The van der Waals surface area contributed by atoms with E-state index in [0.29, 0.717) is 18.4 Å². The van der Waals surface area contributed by atoms with E-state index in [1.165, 1.54) is 13.3 Å². The molecular weight excluding hydrogens is 197 g/mol. The van der Waals surface area contributed by atoms with E-state index in [4.69, 9.17) is 4.74 Å². The van der Waals surface area contributed by atoms with Crippen molar-refractivity contribution in [3.63, 3.8) is 0 Å². The maximum Gasteiger partial charge on any atom is 0.255 e. The van der Waals surface area contributed by atoms with E-state index < -0.39 is 11.5 Å². The summed E-state index contributed by atoms with van der Waals surface area (Å²) in [6, 6.07) is 1.63. The molecule has 1 aromatic heterocycles. The van der Waals surface area contributed by atoms with Crippen LogP contribution in [0.3, 0.4) is 0 Å². The summed E-state index contributed by atoms with van der Waals surface area (Å²) in [5, 5.41) is 10.3. The standard InChI is InChI=1S/C11H14FNO2/c1-15-9-8(4-7-13-10(9)12)11(14)5-2-3-6-11/h4,7,14H,2-3,5-6H2,1H3. The molecule has 1 N–H and O–H groups in total. The lowest BCUT2D eigenvalue weighted by molar-refractivity contribution is 0.0411. The van der Waals surface area contributed by atoms with Crippen molar-refractivity contribution in [2.75, 3.05) is 7.11 Å². The number of hydrogen-bond donors (Lipinski definition) is 1. The van der Waals surface area contributed by atoms with E-state index in [0.717, 1.165) is 12.8 Å². The van der Waals surface area contributed by atoms with Gasteiger partial charge in [0.05, 0.1) is 12.7 Å². The lowest BCUT2D eigenvalue weighted by Crippen LogP contribution is -2.22. The molecular formula is C11H14FNO2. The molecule has 0 radical (unpaired) electrons. The first-order chi connectivity index (χ1) is 7.17. The normalized spacial score (nSPS) is 19.1. The SMILES string of the molecule is COc1c(C2(O)CCCC2)ccnc1F. The summed E-state index contributed by atoms with van der Waals surface area (Å²) in [5.41, 5.74) is -0.412. The van der Waals surface area contributed by atoms with Gasteiger partial charge in [-0.2, -0.15) is 4.39 Å². The summed E-state index contributed by atoms with van der Waals surface area (Å²) in [4.78, 5) is 3.51. The van der Waals surface area contributed by atoms with Crippen molar-refractivity contribution in [1.29, 1.82) is 0 Å². The highest BCUT2D eigenvalue weighted by molar-refractivity contribution is 5.36. The van der Waals surface area contributed by atoms with E-state index in [-0.39, 0.29) is 5.75 Å². The molecule has 1 saturated carbocycles. The minimum atomic E-state index is -0.935. The van der Waals surface area contributed by atoms with Gasteiger partial charge in [0.2, 0.25) is 0 Å². The van der Waals surface area contributed by atoms with Crippen molar-refractivity contribution in [3.05, 3.63) is 23.8 Å². The van der Waals surface area contributed by atoms with Gasteiger partial charge >= 0.3 is 0 Å². The van der Waals surface area contributed by atoms with Gasteiger partial charge in [0.25, 0.3) is 5.95 Å². The van der Waals surface area contributed by atoms with Gasteiger partial charge < -0.3 is 9.84 Å².